The standard InChI is InChI=1S/C12H11F2N3O3/c13-8-1-2-9(10(14)3-8)12(20,4-11(18)19)5-17-7-15-6-16-17/h1-3,6-7,20H,4-5H2,(H,18,19). The number of carboxylic acid groups (broad SMARTS) is 1. The molecule has 1 heterocycles. The van der Waals surface area contributed by atoms with E-state index in [9.17, 15) is 18.7 Å². The van der Waals surface area contributed by atoms with Crippen LogP contribution in [0.15, 0.2) is 30.9 Å². The van der Waals surface area contributed by atoms with Crippen molar-refractivity contribution in [2.75, 3.05) is 0 Å². The highest BCUT2D eigenvalue weighted by atomic mass is 19.1. The van der Waals surface area contributed by atoms with Gasteiger partial charge in [0.25, 0.3) is 0 Å². The van der Waals surface area contributed by atoms with Gasteiger partial charge < -0.3 is 10.2 Å². The van der Waals surface area contributed by atoms with Gasteiger partial charge in [0.05, 0.1) is 13.0 Å². The molecule has 0 aliphatic rings. The summed E-state index contributed by atoms with van der Waals surface area (Å²) in [6, 6.07) is 2.56. The van der Waals surface area contributed by atoms with Crippen molar-refractivity contribution in [1.29, 1.82) is 0 Å². The summed E-state index contributed by atoms with van der Waals surface area (Å²) < 4.78 is 27.9. The smallest absolute Gasteiger partial charge is 0.306 e. The Bertz CT molecular complexity index is 618. The normalized spacial score (nSPS) is 13.9. The number of hydrogen-bond acceptors (Lipinski definition) is 4. The summed E-state index contributed by atoms with van der Waals surface area (Å²) in [4.78, 5) is 14.5. The monoisotopic (exact) mass is 283 g/mol. The van der Waals surface area contributed by atoms with Gasteiger partial charge in [-0.25, -0.2) is 18.4 Å². The third kappa shape index (κ3) is 2.97. The van der Waals surface area contributed by atoms with Gasteiger partial charge in [0.1, 0.15) is 29.9 Å². The van der Waals surface area contributed by atoms with Crippen molar-refractivity contribution >= 4 is 5.97 Å². The van der Waals surface area contributed by atoms with E-state index in [-0.39, 0.29) is 12.1 Å². The summed E-state index contributed by atoms with van der Waals surface area (Å²) in [5.41, 5.74) is -2.37. The number of benzene rings is 1. The topological polar surface area (TPSA) is 88.2 Å². The molecule has 8 heteroatoms. The quantitative estimate of drug-likeness (QED) is 0.851. The molecule has 0 saturated carbocycles. The molecule has 1 aromatic carbocycles. The summed E-state index contributed by atoms with van der Waals surface area (Å²) in [6.07, 6.45) is 1.70. The third-order valence-electron chi connectivity index (χ3n) is 2.77. The van der Waals surface area contributed by atoms with Crippen LogP contribution in [0.5, 0.6) is 0 Å². The lowest BCUT2D eigenvalue weighted by molar-refractivity contribution is -0.143. The summed E-state index contributed by atoms with van der Waals surface area (Å²) in [7, 11) is 0. The minimum atomic E-state index is -2.06. The number of rotatable bonds is 5. The molecule has 0 radical (unpaired) electrons. The number of halogens is 2. The Hall–Kier alpha value is -2.35. The molecular formula is C12H11F2N3O3. The number of hydrogen-bond donors (Lipinski definition) is 2. The summed E-state index contributed by atoms with van der Waals surface area (Å²) in [6.45, 7) is -0.318. The predicted octanol–water partition coefficient (Wildman–Crippen LogP) is 0.919. The first-order valence-corrected chi connectivity index (χ1v) is 5.63. The highest BCUT2D eigenvalue weighted by molar-refractivity contribution is 5.68. The van der Waals surface area contributed by atoms with E-state index in [0.29, 0.717) is 6.07 Å². The van der Waals surface area contributed by atoms with Crippen molar-refractivity contribution in [3.63, 3.8) is 0 Å². The second-order valence-corrected chi connectivity index (χ2v) is 4.32. The molecule has 2 rings (SSSR count). The third-order valence-corrected chi connectivity index (χ3v) is 2.77. The van der Waals surface area contributed by atoms with Crippen molar-refractivity contribution in [2.24, 2.45) is 0 Å². The highest BCUT2D eigenvalue weighted by Crippen LogP contribution is 2.29. The highest BCUT2D eigenvalue weighted by Gasteiger charge is 2.36. The van der Waals surface area contributed by atoms with E-state index < -0.39 is 29.6 Å². The van der Waals surface area contributed by atoms with Gasteiger partial charge in [-0.05, 0) is 6.07 Å². The lowest BCUT2D eigenvalue weighted by Gasteiger charge is -2.27. The maximum Gasteiger partial charge on any atom is 0.306 e. The van der Waals surface area contributed by atoms with E-state index in [2.05, 4.69) is 10.1 Å². The van der Waals surface area contributed by atoms with Gasteiger partial charge >= 0.3 is 5.97 Å². The number of nitrogens with zero attached hydrogens (tertiary/aromatic N) is 3. The molecule has 0 bridgehead atoms. The van der Waals surface area contributed by atoms with Gasteiger partial charge in [0.15, 0.2) is 0 Å². The van der Waals surface area contributed by atoms with Crippen LogP contribution in [-0.4, -0.2) is 30.9 Å². The van der Waals surface area contributed by atoms with Crippen molar-refractivity contribution in [3.8, 4) is 0 Å². The fraction of sp³-hybridized carbons (Fsp3) is 0.250. The van der Waals surface area contributed by atoms with Gasteiger partial charge in [-0.2, -0.15) is 5.10 Å². The molecule has 1 aromatic heterocycles. The molecule has 6 nitrogen and oxygen atoms in total. The second kappa shape index (κ2) is 5.33. The molecule has 2 N–H and O–H groups in total. The van der Waals surface area contributed by atoms with Crippen LogP contribution in [0.3, 0.4) is 0 Å². The predicted molar refractivity (Wildman–Crippen MR) is 62.5 cm³/mol. The summed E-state index contributed by atoms with van der Waals surface area (Å²) in [5, 5.41) is 23.1. The van der Waals surface area contributed by atoms with Crippen LogP contribution in [0.4, 0.5) is 8.78 Å². The van der Waals surface area contributed by atoms with E-state index in [1.165, 1.54) is 17.3 Å². The molecule has 0 aliphatic carbocycles. The molecule has 0 spiro atoms. The largest absolute Gasteiger partial charge is 0.481 e. The number of aliphatic hydroxyl groups is 1. The van der Waals surface area contributed by atoms with Crippen molar-refractivity contribution in [2.45, 2.75) is 18.6 Å². The lowest BCUT2D eigenvalue weighted by atomic mass is 9.90. The minimum Gasteiger partial charge on any atom is -0.481 e. The van der Waals surface area contributed by atoms with Crippen LogP contribution in [0.2, 0.25) is 0 Å². The molecule has 0 aliphatic heterocycles. The van der Waals surface area contributed by atoms with Gasteiger partial charge in [0, 0.05) is 11.6 Å². The van der Waals surface area contributed by atoms with Crippen LogP contribution < -0.4 is 0 Å². The molecule has 20 heavy (non-hydrogen) atoms. The average Bonchev–Trinajstić information content (AvgIpc) is 2.79. The van der Waals surface area contributed by atoms with Crippen LogP contribution in [0.1, 0.15) is 12.0 Å². The zero-order valence-electron chi connectivity index (χ0n) is 10.2. The fourth-order valence-corrected chi connectivity index (χ4v) is 1.94. The Morgan fingerprint density at radius 2 is 2.15 bits per heavy atom. The fourth-order valence-electron chi connectivity index (χ4n) is 1.94. The first-order valence-electron chi connectivity index (χ1n) is 5.63. The lowest BCUT2D eigenvalue weighted by Crippen LogP contribution is -2.35. The number of aliphatic carboxylic acids is 1. The maximum atomic E-state index is 13.8. The Balaban J connectivity index is 2.42. The number of aromatic nitrogens is 3. The molecule has 106 valence electrons. The average molecular weight is 283 g/mol. The van der Waals surface area contributed by atoms with Crippen LogP contribution >= 0.6 is 0 Å². The summed E-state index contributed by atoms with van der Waals surface area (Å²) >= 11 is 0. The maximum absolute atomic E-state index is 13.8. The zero-order valence-corrected chi connectivity index (χ0v) is 10.2. The van der Waals surface area contributed by atoms with Crippen LogP contribution in [-0.2, 0) is 16.9 Å². The van der Waals surface area contributed by atoms with Crippen molar-refractivity contribution in [3.05, 3.63) is 48.1 Å². The van der Waals surface area contributed by atoms with Gasteiger partial charge in [-0.15, -0.1) is 0 Å². The first-order chi connectivity index (χ1) is 9.40. The molecule has 1 unspecified atom stereocenters. The van der Waals surface area contributed by atoms with Crippen molar-refractivity contribution in [1.82, 2.24) is 14.8 Å². The van der Waals surface area contributed by atoms with E-state index >= 15 is 0 Å². The van der Waals surface area contributed by atoms with Gasteiger partial charge in [0.2, 0.25) is 0 Å². The number of carbonyl (C=O) groups is 1. The molecule has 1 atom stereocenters. The van der Waals surface area contributed by atoms with E-state index in [1.54, 1.807) is 0 Å². The number of carboxylic acids is 1. The van der Waals surface area contributed by atoms with E-state index in [1.807, 2.05) is 0 Å². The summed E-state index contributed by atoms with van der Waals surface area (Å²) in [5.74, 6) is -3.16. The first kappa shape index (κ1) is 14.1. The van der Waals surface area contributed by atoms with Gasteiger partial charge in [-0.1, -0.05) is 6.07 Å². The SMILES string of the molecule is O=C(O)CC(O)(Cn1cncn1)c1ccc(F)cc1F. The minimum absolute atomic E-state index is 0.309. The second-order valence-electron chi connectivity index (χ2n) is 4.32. The van der Waals surface area contributed by atoms with Gasteiger partial charge in [-0.3, -0.25) is 4.79 Å². The Morgan fingerprint density at radius 3 is 2.70 bits per heavy atom. The van der Waals surface area contributed by atoms with E-state index in [0.717, 1.165) is 12.1 Å². The molecule has 0 amide bonds. The van der Waals surface area contributed by atoms with Crippen LogP contribution in [0.25, 0.3) is 0 Å². The molecular weight excluding hydrogens is 272 g/mol. The zero-order chi connectivity index (χ0) is 14.8. The molecule has 0 fully saturated rings. The molecule has 0 saturated heterocycles. The Kier molecular flexibility index (Phi) is 3.75. The Labute approximate surface area is 112 Å². The van der Waals surface area contributed by atoms with Crippen LogP contribution in [0, 0.1) is 11.6 Å². The Morgan fingerprint density at radius 1 is 1.40 bits per heavy atom. The molecule has 2 aromatic rings. The van der Waals surface area contributed by atoms with Crippen molar-refractivity contribution < 1.29 is 23.8 Å². The van der Waals surface area contributed by atoms with E-state index in [4.69, 9.17) is 5.11 Å².